The molecule has 2 aromatic rings. The Balaban J connectivity index is 2.71. The first-order valence-electron chi connectivity index (χ1n) is 4.11. The zero-order valence-electron chi connectivity index (χ0n) is 7.44. The maximum absolute atomic E-state index is 13.4. The van der Waals surface area contributed by atoms with Crippen molar-refractivity contribution < 1.29 is 14.3 Å². The molecule has 1 aromatic carbocycles. The van der Waals surface area contributed by atoms with Crippen molar-refractivity contribution in [3.05, 3.63) is 28.7 Å². The quantitative estimate of drug-likeness (QED) is 0.910. The van der Waals surface area contributed by atoms with Gasteiger partial charge in [-0.3, -0.25) is 4.79 Å². The molecule has 0 aliphatic rings. The highest BCUT2D eigenvalue weighted by Gasteiger charge is 2.14. The van der Waals surface area contributed by atoms with Gasteiger partial charge >= 0.3 is 5.97 Å². The molecule has 4 nitrogen and oxygen atoms in total. The fourth-order valence-corrected chi connectivity index (χ4v) is 1.89. The van der Waals surface area contributed by atoms with Crippen LogP contribution in [0.1, 0.15) is 0 Å². The van der Waals surface area contributed by atoms with Gasteiger partial charge in [0.1, 0.15) is 17.9 Å². The molecule has 0 fully saturated rings. The standard InChI is InChI=1S/C9H6BrFN2O2/c10-9-12-6-3-1-2-5(11)8(6)13(9)4-7(14)15/h1-3H,4H2,(H,14,15). The topological polar surface area (TPSA) is 55.1 Å². The molecule has 0 spiro atoms. The number of fused-ring (bicyclic) bond motifs is 1. The summed E-state index contributed by atoms with van der Waals surface area (Å²) < 4.78 is 15.0. The minimum atomic E-state index is -1.04. The molecule has 0 radical (unpaired) electrons. The molecule has 0 saturated heterocycles. The van der Waals surface area contributed by atoms with E-state index in [2.05, 4.69) is 20.9 Å². The highest BCUT2D eigenvalue weighted by atomic mass is 79.9. The number of halogens is 2. The van der Waals surface area contributed by atoms with Crippen molar-refractivity contribution in [2.45, 2.75) is 6.54 Å². The van der Waals surface area contributed by atoms with Gasteiger partial charge in [0.2, 0.25) is 0 Å². The van der Waals surface area contributed by atoms with Crippen LogP contribution in [0.25, 0.3) is 11.0 Å². The number of rotatable bonds is 2. The maximum Gasteiger partial charge on any atom is 0.323 e. The van der Waals surface area contributed by atoms with Gasteiger partial charge in [0.15, 0.2) is 4.73 Å². The van der Waals surface area contributed by atoms with Crippen LogP contribution in [0.3, 0.4) is 0 Å². The van der Waals surface area contributed by atoms with E-state index < -0.39 is 11.8 Å². The van der Waals surface area contributed by atoms with E-state index in [1.54, 1.807) is 6.07 Å². The molecule has 1 aromatic heterocycles. The van der Waals surface area contributed by atoms with Gasteiger partial charge in [-0.2, -0.15) is 0 Å². The first kappa shape index (κ1) is 10.1. The maximum atomic E-state index is 13.4. The highest BCUT2D eigenvalue weighted by Crippen LogP contribution is 2.22. The zero-order valence-corrected chi connectivity index (χ0v) is 9.03. The molecule has 0 unspecified atom stereocenters. The number of benzene rings is 1. The van der Waals surface area contributed by atoms with E-state index in [4.69, 9.17) is 5.11 Å². The lowest BCUT2D eigenvalue weighted by atomic mass is 10.3. The molecular formula is C9H6BrFN2O2. The summed E-state index contributed by atoms with van der Waals surface area (Å²) in [5.74, 6) is -1.52. The van der Waals surface area contributed by atoms with E-state index in [1.165, 1.54) is 16.7 Å². The fourth-order valence-electron chi connectivity index (χ4n) is 1.39. The minimum absolute atomic E-state index is 0.201. The predicted octanol–water partition coefficient (Wildman–Crippen LogP) is 2.02. The first-order chi connectivity index (χ1) is 7.09. The van der Waals surface area contributed by atoms with Crippen molar-refractivity contribution in [2.24, 2.45) is 0 Å². The van der Waals surface area contributed by atoms with Gasteiger partial charge in [-0.25, -0.2) is 9.37 Å². The van der Waals surface area contributed by atoms with E-state index in [-0.39, 0.29) is 12.1 Å². The molecular weight excluding hydrogens is 267 g/mol. The molecule has 78 valence electrons. The Hall–Kier alpha value is -1.43. The number of carboxylic acid groups (broad SMARTS) is 1. The van der Waals surface area contributed by atoms with Gasteiger partial charge in [-0.05, 0) is 28.1 Å². The second-order valence-corrected chi connectivity index (χ2v) is 3.68. The van der Waals surface area contributed by atoms with Gasteiger partial charge in [0, 0.05) is 0 Å². The lowest BCUT2D eigenvalue weighted by Crippen LogP contribution is -2.09. The number of carboxylic acids is 1. The molecule has 15 heavy (non-hydrogen) atoms. The van der Waals surface area contributed by atoms with E-state index in [9.17, 15) is 9.18 Å². The summed E-state index contributed by atoms with van der Waals surface area (Å²) >= 11 is 3.09. The van der Waals surface area contributed by atoms with Gasteiger partial charge < -0.3 is 9.67 Å². The van der Waals surface area contributed by atoms with Gasteiger partial charge in [0.05, 0.1) is 5.52 Å². The summed E-state index contributed by atoms with van der Waals surface area (Å²) in [6, 6.07) is 4.43. The Morgan fingerprint density at radius 3 is 3.00 bits per heavy atom. The van der Waals surface area contributed by atoms with Crippen LogP contribution in [-0.4, -0.2) is 20.6 Å². The van der Waals surface area contributed by atoms with E-state index in [1.807, 2.05) is 0 Å². The third-order valence-electron chi connectivity index (χ3n) is 1.96. The zero-order chi connectivity index (χ0) is 11.0. The normalized spacial score (nSPS) is 10.8. The van der Waals surface area contributed by atoms with Gasteiger partial charge in [-0.1, -0.05) is 6.07 Å². The summed E-state index contributed by atoms with van der Waals surface area (Å²) in [5.41, 5.74) is 0.634. The van der Waals surface area contributed by atoms with Crippen LogP contribution in [0, 0.1) is 5.82 Å². The Morgan fingerprint density at radius 1 is 1.60 bits per heavy atom. The van der Waals surface area contributed by atoms with Gasteiger partial charge in [-0.15, -0.1) is 0 Å². The van der Waals surface area contributed by atoms with Crippen molar-refractivity contribution in [2.75, 3.05) is 0 Å². The monoisotopic (exact) mass is 272 g/mol. The van der Waals surface area contributed by atoms with Crippen molar-refractivity contribution in [1.82, 2.24) is 9.55 Å². The van der Waals surface area contributed by atoms with E-state index in [0.29, 0.717) is 10.3 Å². The fraction of sp³-hybridized carbons (Fsp3) is 0.111. The summed E-state index contributed by atoms with van der Waals surface area (Å²) in [5, 5.41) is 8.67. The van der Waals surface area contributed by atoms with Crippen molar-refractivity contribution in [1.29, 1.82) is 0 Å². The Bertz CT molecular complexity index is 538. The van der Waals surface area contributed by atoms with Crippen LogP contribution in [0.4, 0.5) is 4.39 Å². The summed E-state index contributed by atoms with van der Waals surface area (Å²) in [6.45, 7) is -0.321. The molecule has 1 heterocycles. The summed E-state index contributed by atoms with van der Waals surface area (Å²) in [7, 11) is 0. The molecule has 0 amide bonds. The lowest BCUT2D eigenvalue weighted by Gasteiger charge is -2.01. The molecule has 0 aliphatic heterocycles. The van der Waals surface area contributed by atoms with Crippen molar-refractivity contribution in [3.63, 3.8) is 0 Å². The third-order valence-corrected chi connectivity index (χ3v) is 2.57. The minimum Gasteiger partial charge on any atom is -0.480 e. The number of aromatic nitrogens is 2. The lowest BCUT2D eigenvalue weighted by molar-refractivity contribution is -0.137. The number of aliphatic carboxylic acids is 1. The molecule has 2 rings (SSSR count). The Kier molecular flexibility index (Phi) is 2.44. The molecule has 0 atom stereocenters. The largest absolute Gasteiger partial charge is 0.480 e. The summed E-state index contributed by atoms with van der Waals surface area (Å²) in [4.78, 5) is 14.6. The van der Waals surface area contributed by atoms with Crippen LogP contribution in [0.2, 0.25) is 0 Å². The predicted molar refractivity (Wildman–Crippen MR) is 55.0 cm³/mol. The molecule has 0 bridgehead atoms. The molecule has 0 aliphatic carbocycles. The number of imidazole rings is 1. The average Bonchev–Trinajstić information content (AvgIpc) is 2.43. The highest BCUT2D eigenvalue weighted by molar-refractivity contribution is 9.10. The molecule has 6 heteroatoms. The molecule has 1 N–H and O–H groups in total. The van der Waals surface area contributed by atoms with Crippen molar-refractivity contribution >= 4 is 32.9 Å². The number of hydrogen-bond donors (Lipinski definition) is 1. The second-order valence-electron chi connectivity index (χ2n) is 2.97. The van der Waals surface area contributed by atoms with E-state index in [0.717, 1.165) is 0 Å². The average molecular weight is 273 g/mol. The Labute approximate surface area is 92.5 Å². The van der Waals surface area contributed by atoms with Gasteiger partial charge in [0.25, 0.3) is 0 Å². The second kappa shape index (κ2) is 3.62. The van der Waals surface area contributed by atoms with Crippen molar-refractivity contribution in [3.8, 4) is 0 Å². The van der Waals surface area contributed by atoms with Crippen LogP contribution in [0.5, 0.6) is 0 Å². The van der Waals surface area contributed by atoms with E-state index >= 15 is 0 Å². The molecule has 0 saturated carbocycles. The van der Waals surface area contributed by atoms with Crippen LogP contribution < -0.4 is 0 Å². The number of carbonyl (C=O) groups is 1. The first-order valence-corrected chi connectivity index (χ1v) is 4.91. The number of nitrogens with zero attached hydrogens (tertiary/aromatic N) is 2. The number of para-hydroxylation sites is 1. The van der Waals surface area contributed by atoms with Crippen LogP contribution in [0.15, 0.2) is 22.9 Å². The SMILES string of the molecule is O=C(O)Cn1c(Br)nc2cccc(F)c21. The Morgan fingerprint density at radius 2 is 2.33 bits per heavy atom. The third kappa shape index (κ3) is 1.72. The number of hydrogen-bond acceptors (Lipinski definition) is 2. The smallest absolute Gasteiger partial charge is 0.323 e. The van der Waals surface area contributed by atoms with Crippen LogP contribution >= 0.6 is 15.9 Å². The summed E-state index contributed by atoms with van der Waals surface area (Å²) in [6.07, 6.45) is 0. The van der Waals surface area contributed by atoms with Crippen LogP contribution in [-0.2, 0) is 11.3 Å².